The number of benzene rings is 1. The fraction of sp³-hybridized carbons (Fsp3) is 0.0769. The molecule has 0 saturated heterocycles. The summed E-state index contributed by atoms with van der Waals surface area (Å²) in [5, 5.41) is 2.91. The normalized spacial score (nSPS) is 10.7. The first kappa shape index (κ1) is 11.1. The molecule has 0 aliphatic heterocycles. The van der Waals surface area contributed by atoms with Crippen molar-refractivity contribution in [3.05, 3.63) is 47.6 Å². The summed E-state index contributed by atoms with van der Waals surface area (Å²) in [5.74, 6) is 1.32. The molecule has 0 saturated carbocycles. The molecule has 0 aliphatic carbocycles. The van der Waals surface area contributed by atoms with Crippen molar-refractivity contribution in [3.63, 3.8) is 0 Å². The number of nitrogens with two attached hydrogens (primary N) is 1. The molecule has 4 nitrogen and oxygen atoms in total. The molecule has 0 amide bonds. The summed E-state index contributed by atoms with van der Waals surface area (Å²) >= 11 is 1.57. The maximum atomic E-state index is 5.79. The van der Waals surface area contributed by atoms with Crippen molar-refractivity contribution < 1.29 is 4.74 Å². The van der Waals surface area contributed by atoms with Gasteiger partial charge in [0.15, 0.2) is 0 Å². The average Bonchev–Trinajstić information content (AvgIpc) is 2.88. The van der Waals surface area contributed by atoms with Gasteiger partial charge in [-0.2, -0.15) is 0 Å². The monoisotopic (exact) mass is 257 g/mol. The van der Waals surface area contributed by atoms with Crippen molar-refractivity contribution in [3.8, 4) is 11.6 Å². The molecule has 1 aromatic carbocycles. The van der Waals surface area contributed by atoms with E-state index in [9.17, 15) is 0 Å². The molecule has 0 radical (unpaired) electrons. The Hall–Kier alpha value is -1.98. The highest BCUT2D eigenvalue weighted by Gasteiger charge is 2.07. The highest BCUT2D eigenvalue weighted by Crippen LogP contribution is 2.29. The van der Waals surface area contributed by atoms with Crippen molar-refractivity contribution >= 4 is 21.6 Å². The van der Waals surface area contributed by atoms with E-state index in [2.05, 4.69) is 9.97 Å². The third-order valence-electron chi connectivity index (χ3n) is 2.57. The first-order chi connectivity index (χ1) is 8.86. The highest BCUT2D eigenvalue weighted by molar-refractivity contribution is 7.16. The third-order valence-corrected chi connectivity index (χ3v) is 3.39. The van der Waals surface area contributed by atoms with Gasteiger partial charge >= 0.3 is 0 Å². The van der Waals surface area contributed by atoms with Gasteiger partial charge in [0.1, 0.15) is 16.9 Å². The minimum Gasteiger partial charge on any atom is -0.438 e. The lowest BCUT2D eigenvalue weighted by Crippen LogP contribution is -1.96. The van der Waals surface area contributed by atoms with Crippen molar-refractivity contribution in [1.29, 1.82) is 0 Å². The number of rotatable bonds is 3. The maximum Gasteiger partial charge on any atom is 0.231 e. The zero-order valence-corrected chi connectivity index (χ0v) is 10.4. The van der Waals surface area contributed by atoms with Gasteiger partial charge in [0.2, 0.25) is 5.88 Å². The van der Waals surface area contributed by atoms with E-state index in [1.54, 1.807) is 11.3 Å². The van der Waals surface area contributed by atoms with E-state index in [0.717, 1.165) is 21.5 Å². The summed E-state index contributed by atoms with van der Waals surface area (Å²) < 4.78 is 5.79. The van der Waals surface area contributed by atoms with Crippen LogP contribution in [0.4, 0.5) is 0 Å². The van der Waals surface area contributed by atoms with Crippen LogP contribution in [-0.2, 0) is 6.54 Å². The Bertz CT molecular complexity index is 681. The largest absolute Gasteiger partial charge is 0.438 e. The smallest absolute Gasteiger partial charge is 0.231 e. The summed E-state index contributed by atoms with van der Waals surface area (Å²) in [5.41, 5.74) is 6.64. The second kappa shape index (κ2) is 4.72. The molecule has 90 valence electrons. The quantitative estimate of drug-likeness (QED) is 0.783. The van der Waals surface area contributed by atoms with Crippen molar-refractivity contribution in [1.82, 2.24) is 9.97 Å². The Labute approximate surface area is 108 Å². The Morgan fingerprint density at radius 3 is 3.06 bits per heavy atom. The zero-order valence-electron chi connectivity index (χ0n) is 9.54. The van der Waals surface area contributed by atoms with Gasteiger partial charge in [-0.1, -0.05) is 12.1 Å². The van der Waals surface area contributed by atoms with E-state index in [0.29, 0.717) is 12.4 Å². The van der Waals surface area contributed by atoms with E-state index in [-0.39, 0.29) is 0 Å². The molecule has 0 aliphatic rings. The Morgan fingerprint density at radius 2 is 2.17 bits per heavy atom. The van der Waals surface area contributed by atoms with Gasteiger partial charge in [0.05, 0.1) is 5.39 Å². The molecule has 2 N–H and O–H groups in total. The molecule has 2 heterocycles. The molecule has 3 aromatic rings. The summed E-state index contributed by atoms with van der Waals surface area (Å²) in [7, 11) is 0. The minimum absolute atomic E-state index is 0.495. The van der Waals surface area contributed by atoms with E-state index in [4.69, 9.17) is 10.5 Å². The van der Waals surface area contributed by atoms with Crippen LogP contribution >= 0.6 is 11.3 Å². The summed E-state index contributed by atoms with van der Waals surface area (Å²) in [6, 6.07) is 9.65. The Morgan fingerprint density at radius 1 is 1.22 bits per heavy atom. The van der Waals surface area contributed by atoms with Crippen LogP contribution in [0.5, 0.6) is 11.6 Å². The number of nitrogens with zero attached hydrogens (tertiary/aromatic N) is 2. The van der Waals surface area contributed by atoms with Crippen LogP contribution in [0.3, 0.4) is 0 Å². The fourth-order valence-electron chi connectivity index (χ4n) is 1.70. The summed E-state index contributed by atoms with van der Waals surface area (Å²) in [6.45, 7) is 0.495. The van der Waals surface area contributed by atoms with Gasteiger partial charge in [-0.3, -0.25) is 0 Å². The second-order valence-electron chi connectivity index (χ2n) is 3.77. The zero-order chi connectivity index (χ0) is 12.4. The maximum absolute atomic E-state index is 5.79. The average molecular weight is 257 g/mol. The summed E-state index contributed by atoms with van der Waals surface area (Å²) in [6.07, 6.45) is 1.51. The number of ether oxygens (including phenoxy) is 1. The van der Waals surface area contributed by atoms with Crippen LogP contribution in [0.15, 0.2) is 42.0 Å². The number of hydrogen-bond donors (Lipinski definition) is 1. The molecule has 18 heavy (non-hydrogen) atoms. The molecule has 0 atom stereocenters. The van der Waals surface area contributed by atoms with Crippen LogP contribution < -0.4 is 10.5 Å². The first-order valence-electron chi connectivity index (χ1n) is 5.52. The SMILES string of the molecule is NCc1cccc(Oc2ncnc3sccc23)c1. The molecule has 0 spiro atoms. The van der Waals surface area contributed by atoms with Crippen LogP contribution in [0, 0.1) is 0 Å². The molecule has 0 unspecified atom stereocenters. The van der Waals surface area contributed by atoms with Gasteiger partial charge in [0.25, 0.3) is 0 Å². The van der Waals surface area contributed by atoms with Crippen LogP contribution in [0.2, 0.25) is 0 Å². The first-order valence-corrected chi connectivity index (χ1v) is 6.40. The van der Waals surface area contributed by atoms with Gasteiger partial charge in [-0.25, -0.2) is 9.97 Å². The van der Waals surface area contributed by atoms with Gasteiger partial charge in [0, 0.05) is 6.54 Å². The lowest BCUT2D eigenvalue weighted by molar-refractivity contribution is 0.467. The molecular formula is C13H11N3OS. The molecule has 0 fully saturated rings. The second-order valence-corrected chi connectivity index (χ2v) is 4.67. The standard InChI is InChI=1S/C13H11N3OS/c14-7-9-2-1-3-10(6-9)17-12-11-4-5-18-13(11)16-8-15-12/h1-6,8H,7,14H2. The predicted octanol–water partition coefficient (Wildman–Crippen LogP) is 2.94. The van der Waals surface area contributed by atoms with Crippen molar-refractivity contribution in [2.24, 2.45) is 5.73 Å². The van der Waals surface area contributed by atoms with E-state index < -0.39 is 0 Å². The molecule has 2 aromatic heterocycles. The molecule has 3 rings (SSSR count). The van der Waals surface area contributed by atoms with Gasteiger partial charge in [-0.15, -0.1) is 11.3 Å². The van der Waals surface area contributed by atoms with E-state index in [1.807, 2.05) is 35.7 Å². The number of aromatic nitrogens is 2. The highest BCUT2D eigenvalue weighted by atomic mass is 32.1. The van der Waals surface area contributed by atoms with Crippen molar-refractivity contribution in [2.75, 3.05) is 0 Å². The molecule has 5 heteroatoms. The van der Waals surface area contributed by atoms with Gasteiger partial charge in [-0.05, 0) is 29.1 Å². The van der Waals surface area contributed by atoms with Crippen molar-refractivity contribution in [2.45, 2.75) is 6.54 Å². The minimum atomic E-state index is 0.495. The summed E-state index contributed by atoms with van der Waals surface area (Å²) in [4.78, 5) is 9.28. The number of thiophene rings is 1. The predicted molar refractivity (Wildman–Crippen MR) is 71.8 cm³/mol. The molecular weight excluding hydrogens is 246 g/mol. The lowest BCUT2D eigenvalue weighted by Gasteiger charge is -2.06. The van der Waals surface area contributed by atoms with Gasteiger partial charge < -0.3 is 10.5 Å². The fourth-order valence-corrected chi connectivity index (χ4v) is 2.42. The Balaban J connectivity index is 1.98. The topological polar surface area (TPSA) is 61.0 Å². The van der Waals surface area contributed by atoms with Crippen LogP contribution in [0.1, 0.15) is 5.56 Å². The van der Waals surface area contributed by atoms with Crippen LogP contribution in [0.25, 0.3) is 10.2 Å². The number of fused-ring (bicyclic) bond motifs is 1. The lowest BCUT2D eigenvalue weighted by atomic mass is 10.2. The third kappa shape index (κ3) is 2.05. The van der Waals surface area contributed by atoms with E-state index in [1.165, 1.54) is 6.33 Å². The Kier molecular flexibility index (Phi) is 2.92. The van der Waals surface area contributed by atoms with Crippen LogP contribution in [-0.4, -0.2) is 9.97 Å². The molecule has 0 bridgehead atoms. The van der Waals surface area contributed by atoms with E-state index >= 15 is 0 Å². The number of hydrogen-bond acceptors (Lipinski definition) is 5.